The van der Waals surface area contributed by atoms with E-state index in [0.717, 1.165) is 11.6 Å². The molecule has 5 heteroatoms. The van der Waals surface area contributed by atoms with Gasteiger partial charge >= 0.3 is 0 Å². The summed E-state index contributed by atoms with van der Waals surface area (Å²) in [4.78, 5) is 6.19. The van der Waals surface area contributed by atoms with Gasteiger partial charge in [0.05, 0.1) is 12.9 Å². The number of nitrogens with one attached hydrogen (secondary N) is 1. The largest absolute Gasteiger partial charge is 0.493 e. The fourth-order valence-corrected chi connectivity index (χ4v) is 1.42. The molecule has 1 aromatic heterocycles. The van der Waals surface area contributed by atoms with Crippen LogP contribution in [0.1, 0.15) is 6.92 Å². The Bertz CT molecular complexity index is 367. The minimum atomic E-state index is -0.00304. The van der Waals surface area contributed by atoms with Gasteiger partial charge in [0.2, 0.25) is 0 Å². The maximum atomic E-state index is 7.35. The van der Waals surface area contributed by atoms with Crippen LogP contribution in [0, 0.1) is 11.3 Å². The molecule has 88 valence electrons. The van der Waals surface area contributed by atoms with Gasteiger partial charge in [-0.15, -0.1) is 0 Å². The molecule has 1 heterocycles. The van der Waals surface area contributed by atoms with Crippen molar-refractivity contribution in [3.63, 3.8) is 0 Å². The van der Waals surface area contributed by atoms with Crippen LogP contribution in [-0.4, -0.2) is 31.5 Å². The lowest BCUT2D eigenvalue weighted by molar-refractivity contribution is 0.412. The summed E-state index contributed by atoms with van der Waals surface area (Å²) in [6.45, 7) is 2.55. The quantitative estimate of drug-likeness (QED) is 0.578. The number of ether oxygens (including phenoxy) is 1. The number of aromatic nitrogens is 1. The summed E-state index contributed by atoms with van der Waals surface area (Å²) in [5.41, 5.74) is 5.44. The van der Waals surface area contributed by atoms with Gasteiger partial charge in [0, 0.05) is 25.7 Å². The van der Waals surface area contributed by atoms with Gasteiger partial charge in [-0.2, -0.15) is 0 Å². The van der Waals surface area contributed by atoms with Crippen LogP contribution in [0.4, 0.5) is 5.82 Å². The lowest BCUT2D eigenvalue weighted by Gasteiger charge is -2.23. The van der Waals surface area contributed by atoms with E-state index in [0.29, 0.717) is 6.54 Å². The zero-order valence-electron chi connectivity index (χ0n) is 9.90. The van der Waals surface area contributed by atoms with Crippen molar-refractivity contribution in [1.82, 2.24) is 4.98 Å². The number of hydrogen-bond donors (Lipinski definition) is 2. The summed E-state index contributed by atoms with van der Waals surface area (Å²) in [7, 11) is 3.52. The molecule has 0 aliphatic rings. The Labute approximate surface area is 95.7 Å². The average Bonchev–Trinajstić information content (AvgIpc) is 2.28. The molecular formula is C11H18N4O. The van der Waals surface area contributed by atoms with Crippen LogP contribution in [-0.2, 0) is 0 Å². The van der Waals surface area contributed by atoms with Gasteiger partial charge in [-0.25, -0.2) is 4.98 Å². The van der Waals surface area contributed by atoms with Gasteiger partial charge in [0.1, 0.15) is 0 Å². The Morgan fingerprint density at radius 3 is 2.94 bits per heavy atom. The molecule has 0 aliphatic carbocycles. The van der Waals surface area contributed by atoms with E-state index in [4.69, 9.17) is 15.9 Å². The molecule has 1 aromatic rings. The van der Waals surface area contributed by atoms with Crippen LogP contribution in [0.3, 0.4) is 0 Å². The molecule has 16 heavy (non-hydrogen) atoms. The monoisotopic (exact) mass is 222 g/mol. The van der Waals surface area contributed by atoms with Crippen molar-refractivity contribution in [2.24, 2.45) is 11.7 Å². The van der Waals surface area contributed by atoms with E-state index >= 15 is 0 Å². The molecule has 1 unspecified atom stereocenters. The first kappa shape index (κ1) is 12.3. The molecule has 0 radical (unpaired) electrons. The summed E-state index contributed by atoms with van der Waals surface area (Å²) in [5, 5.41) is 7.35. The van der Waals surface area contributed by atoms with Crippen molar-refractivity contribution in [1.29, 1.82) is 5.41 Å². The molecule has 3 N–H and O–H groups in total. The summed E-state index contributed by atoms with van der Waals surface area (Å²) in [6, 6.07) is 3.68. The van der Waals surface area contributed by atoms with E-state index < -0.39 is 0 Å². The maximum Gasteiger partial charge on any atom is 0.171 e. The van der Waals surface area contributed by atoms with Crippen LogP contribution in [0.15, 0.2) is 18.3 Å². The number of amidine groups is 1. The number of nitrogens with two attached hydrogens (primary N) is 1. The van der Waals surface area contributed by atoms with Gasteiger partial charge in [0.25, 0.3) is 0 Å². The summed E-state index contributed by atoms with van der Waals surface area (Å²) >= 11 is 0. The molecule has 0 spiro atoms. The normalized spacial score (nSPS) is 11.9. The van der Waals surface area contributed by atoms with Crippen molar-refractivity contribution in [2.75, 3.05) is 25.6 Å². The second-order valence-electron chi connectivity index (χ2n) is 3.77. The van der Waals surface area contributed by atoms with Gasteiger partial charge < -0.3 is 15.4 Å². The predicted octanol–water partition coefficient (Wildman–Crippen LogP) is 1.10. The molecular weight excluding hydrogens is 204 g/mol. The Morgan fingerprint density at radius 1 is 1.69 bits per heavy atom. The minimum absolute atomic E-state index is 0.00304. The lowest BCUT2D eigenvalue weighted by atomic mass is 10.1. The molecule has 0 amide bonds. The second kappa shape index (κ2) is 5.34. The minimum Gasteiger partial charge on any atom is -0.493 e. The van der Waals surface area contributed by atoms with Crippen molar-refractivity contribution in [3.05, 3.63) is 18.3 Å². The maximum absolute atomic E-state index is 7.35. The second-order valence-corrected chi connectivity index (χ2v) is 3.77. The van der Waals surface area contributed by atoms with Crippen molar-refractivity contribution in [2.45, 2.75) is 6.92 Å². The van der Waals surface area contributed by atoms with E-state index in [-0.39, 0.29) is 11.8 Å². The number of anilines is 1. The third kappa shape index (κ3) is 2.85. The first-order chi connectivity index (χ1) is 7.56. The van der Waals surface area contributed by atoms with Crippen molar-refractivity contribution in [3.8, 4) is 5.75 Å². The van der Waals surface area contributed by atoms with Crippen LogP contribution in [0.25, 0.3) is 0 Å². The average molecular weight is 222 g/mol. The summed E-state index contributed by atoms with van der Waals surface area (Å²) in [5.74, 6) is 1.66. The lowest BCUT2D eigenvalue weighted by Crippen LogP contribution is -2.32. The summed E-state index contributed by atoms with van der Waals surface area (Å²) in [6.07, 6.45) is 1.72. The predicted molar refractivity (Wildman–Crippen MR) is 65.1 cm³/mol. The van der Waals surface area contributed by atoms with Crippen LogP contribution in [0.5, 0.6) is 5.75 Å². The number of hydrogen-bond acceptors (Lipinski definition) is 4. The Balaban J connectivity index is 2.79. The summed E-state index contributed by atoms with van der Waals surface area (Å²) < 4.78 is 5.22. The standard InChI is InChI=1S/C11H18N4O/c1-8(10(12)13)7-15(2)11-9(16-3)5-4-6-14-11/h4-6,8H,7H2,1-3H3,(H3,12,13). The third-order valence-electron chi connectivity index (χ3n) is 2.41. The molecule has 0 aliphatic heterocycles. The third-order valence-corrected chi connectivity index (χ3v) is 2.41. The Hall–Kier alpha value is -1.78. The molecule has 1 rings (SSSR count). The van der Waals surface area contributed by atoms with Crippen LogP contribution in [0.2, 0.25) is 0 Å². The smallest absolute Gasteiger partial charge is 0.171 e. The topological polar surface area (TPSA) is 75.2 Å². The van der Waals surface area contributed by atoms with Gasteiger partial charge in [-0.1, -0.05) is 6.92 Å². The molecule has 0 bridgehead atoms. The van der Waals surface area contributed by atoms with E-state index in [1.807, 2.05) is 31.0 Å². The Kier molecular flexibility index (Phi) is 4.10. The Morgan fingerprint density at radius 2 is 2.38 bits per heavy atom. The van der Waals surface area contributed by atoms with E-state index in [1.54, 1.807) is 13.3 Å². The number of pyridine rings is 1. The van der Waals surface area contributed by atoms with Crippen molar-refractivity contribution < 1.29 is 4.74 Å². The number of methoxy groups -OCH3 is 1. The van der Waals surface area contributed by atoms with E-state index in [2.05, 4.69) is 4.98 Å². The number of nitrogens with zero attached hydrogens (tertiary/aromatic N) is 2. The zero-order chi connectivity index (χ0) is 12.1. The molecule has 0 saturated carbocycles. The zero-order valence-corrected chi connectivity index (χ0v) is 9.90. The molecule has 5 nitrogen and oxygen atoms in total. The van der Waals surface area contributed by atoms with Crippen LogP contribution >= 0.6 is 0 Å². The fourth-order valence-electron chi connectivity index (χ4n) is 1.42. The molecule has 0 fully saturated rings. The molecule has 0 aromatic carbocycles. The highest BCUT2D eigenvalue weighted by Crippen LogP contribution is 2.23. The first-order valence-corrected chi connectivity index (χ1v) is 5.10. The highest BCUT2D eigenvalue weighted by molar-refractivity contribution is 5.79. The van der Waals surface area contributed by atoms with E-state index in [9.17, 15) is 0 Å². The SMILES string of the molecule is COc1cccnc1N(C)CC(C)C(=N)N. The van der Waals surface area contributed by atoms with Gasteiger partial charge in [0.15, 0.2) is 11.6 Å². The highest BCUT2D eigenvalue weighted by atomic mass is 16.5. The highest BCUT2D eigenvalue weighted by Gasteiger charge is 2.13. The van der Waals surface area contributed by atoms with Crippen LogP contribution < -0.4 is 15.4 Å². The molecule has 1 atom stereocenters. The fraction of sp³-hybridized carbons (Fsp3) is 0.455. The van der Waals surface area contributed by atoms with Gasteiger partial charge in [-0.3, -0.25) is 5.41 Å². The molecule has 0 saturated heterocycles. The van der Waals surface area contributed by atoms with Gasteiger partial charge in [-0.05, 0) is 12.1 Å². The van der Waals surface area contributed by atoms with Crippen molar-refractivity contribution >= 4 is 11.7 Å². The number of rotatable bonds is 5. The first-order valence-electron chi connectivity index (χ1n) is 5.10. The van der Waals surface area contributed by atoms with E-state index in [1.165, 1.54) is 0 Å².